The van der Waals surface area contributed by atoms with Crippen LogP contribution in [-0.2, 0) is 6.54 Å². The fourth-order valence-corrected chi connectivity index (χ4v) is 4.41. The van der Waals surface area contributed by atoms with Crippen LogP contribution in [0, 0.1) is 5.82 Å². The van der Waals surface area contributed by atoms with E-state index >= 15 is 0 Å². The average Bonchev–Trinajstić information content (AvgIpc) is 3.28. The van der Waals surface area contributed by atoms with E-state index < -0.39 is 6.04 Å². The molecule has 0 spiro atoms. The molecule has 0 fully saturated rings. The maximum absolute atomic E-state index is 13.8. The molecule has 0 aliphatic carbocycles. The number of benzene rings is 3. The number of fused-ring (bicyclic) bond motifs is 3. The van der Waals surface area contributed by atoms with Crippen LogP contribution in [0.1, 0.15) is 22.9 Å². The van der Waals surface area contributed by atoms with Crippen LogP contribution in [0.4, 0.5) is 14.9 Å². The van der Waals surface area contributed by atoms with Gasteiger partial charge in [-0.3, -0.25) is 0 Å². The largest absolute Gasteiger partial charge is 0.497 e. The topological polar surface area (TPSA) is 55.7 Å². The predicted molar refractivity (Wildman–Crippen MR) is 128 cm³/mol. The average molecular weight is 458 g/mol. The minimum atomic E-state index is -0.435. The number of aromatic nitrogens is 1. The quantitative estimate of drug-likeness (QED) is 0.423. The van der Waals surface area contributed by atoms with Crippen LogP contribution in [-0.4, -0.2) is 29.7 Å². The number of hydrogen-bond acceptors (Lipinski definition) is 3. The third-order valence-electron chi connectivity index (χ3n) is 6.01. The summed E-state index contributed by atoms with van der Waals surface area (Å²) in [5, 5.41) is 3.00. The molecule has 2 heterocycles. The van der Waals surface area contributed by atoms with Crippen LogP contribution < -0.4 is 14.8 Å². The summed E-state index contributed by atoms with van der Waals surface area (Å²) in [7, 11) is 3.12. The second kappa shape index (κ2) is 8.94. The van der Waals surface area contributed by atoms with E-state index in [1.165, 1.54) is 12.1 Å². The maximum Gasteiger partial charge on any atom is 0.322 e. The summed E-state index contributed by atoms with van der Waals surface area (Å²) >= 11 is 0. The van der Waals surface area contributed by atoms with Gasteiger partial charge in [-0.1, -0.05) is 30.3 Å². The molecule has 34 heavy (non-hydrogen) atoms. The molecule has 172 valence electrons. The van der Waals surface area contributed by atoms with Crippen molar-refractivity contribution in [1.29, 1.82) is 0 Å². The number of carbonyl (C=O) groups is 1. The molecule has 0 bridgehead atoms. The highest BCUT2D eigenvalue weighted by atomic mass is 19.1. The highest BCUT2D eigenvalue weighted by Gasteiger charge is 2.33. The first-order chi connectivity index (χ1) is 16.6. The van der Waals surface area contributed by atoms with Gasteiger partial charge in [-0.2, -0.15) is 0 Å². The Morgan fingerprint density at radius 1 is 0.941 bits per heavy atom. The zero-order valence-electron chi connectivity index (χ0n) is 18.9. The van der Waals surface area contributed by atoms with Gasteiger partial charge >= 0.3 is 6.03 Å². The van der Waals surface area contributed by atoms with E-state index in [9.17, 15) is 9.18 Å². The number of hydrogen-bond donors (Lipinski definition) is 1. The van der Waals surface area contributed by atoms with E-state index in [0.29, 0.717) is 23.7 Å². The third-order valence-corrected chi connectivity index (χ3v) is 6.01. The number of methoxy groups -OCH3 is 2. The molecular formula is C27H24FN3O3. The number of nitrogens with one attached hydrogen (secondary N) is 1. The molecular weight excluding hydrogens is 433 g/mol. The SMILES string of the molecule is COc1cc(NC(=O)N2Cc3ccccc3-n3cccc3C2c2ccc(F)cc2)cc(OC)c1. The predicted octanol–water partition coefficient (Wildman–Crippen LogP) is 5.77. The van der Waals surface area contributed by atoms with E-state index in [4.69, 9.17) is 9.47 Å². The molecule has 1 aliphatic rings. The van der Waals surface area contributed by atoms with Gasteiger partial charge in [0.25, 0.3) is 0 Å². The van der Waals surface area contributed by atoms with Crippen LogP contribution in [0.2, 0.25) is 0 Å². The van der Waals surface area contributed by atoms with Crippen molar-refractivity contribution in [3.05, 3.63) is 108 Å². The van der Waals surface area contributed by atoms with Crippen molar-refractivity contribution >= 4 is 11.7 Å². The van der Waals surface area contributed by atoms with Gasteiger partial charge in [-0.15, -0.1) is 0 Å². The Morgan fingerprint density at radius 3 is 2.35 bits per heavy atom. The van der Waals surface area contributed by atoms with Crippen LogP contribution in [0.25, 0.3) is 5.69 Å². The lowest BCUT2D eigenvalue weighted by Crippen LogP contribution is -2.37. The van der Waals surface area contributed by atoms with Crippen molar-refractivity contribution in [2.75, 3.05) is 19.5 Å². The van der Waals surface area contributed by atoms with Gasteiger partial charge in [0.15, 0.2) is 0 Å². The minimum absolute atomic E-state index is 0.297. The van der Waals surface area contributed by atoms with Gasteiger partial charge in [-0.05, 0) is 41.5 Å². The molecule has 0 saturated carbocycles. The van der Waals surface area contributed by atoms with Crippen LogP contribution in [0.5, 0.6) is 11.5 Å². The highest BCUT2D eigenvalue weighted by Crippen LogP contribution is 2.37. The van der Waals surface area contributed by atoms with Gasteiger partial charge in [-0.25, -0.2) is 9.18 Å². The molecule has 3 aromatic carbocycles. The molecule has 5 rings (SSSR count). The second-order valence-corrected chi connectivity index (χ2v) is 8.05. The lowest BCUT2D eigenvalue weighted by Gasteiger charge is -2.31. The van der Waals surface area contributed by atoms with Gasteiger partial charge in [0.05, 0.1) is 32.5 Å². The Labute approximate surface area is 197 Å². The number of urea groups is 1. The molecule has 4 aromatic rings. The lowest BCUT2D eigenvalue weighted by molar-refractivity contribution is 0.194. The number of para-hydroxylation sites is 1. The fourth-order valence-electron chi connectivity index (χ4n) is 4.41. The second-order valence-electron chi connectivity index (χ2n) is 8.05. The number of carbonyl (C=O) groups excluding carboxylic acids is 1. The molecule has 1 N–H and O–H groups in total. The lowest BCUT2D eigenvalue weighted by atomic mass is 10.0. The third kappa shape index (κ3) is 3.96. The van der Waals surface area contributed by atoms with E-state index in [-0.39, 0.29) is 11.8 Å². The zero-order valence-corrected chi connectivity index (χ0v) is 18.9. The summed E-state index contributed by atoms with van der Waals surface area (Å²) in [5.41, 5.74) is 4.28. The molecule has 2 amide bonds. The molecule has 0 radical (unpaired) electrons. The summed E-state index contributed by atoms with van der Waals surface area (Å²) in [6.07, 6.45) is 1.99. The van der Waals surface area contributed by atoms with Crippen molar-refractivity contribution in [3.63, 3.8) is 0 Å². The number of amides is 2. The maximum atomic E-state index is 13.8. The Morgan fingerprint density at radius 2 is 1.65 bits per heavy atom. The van der Waals surface area contributed by atoms with E-state index in [2.05, 4.69) is 9.88 Å². The van der Waals surface area contributed by atoms with Crippen molar-refractivity contribution in [2.24, 2.45) is 0 Å². The Bertz CT molecular complexity index is 1310. The summed E-state index contributed by atoms with van der Waals surface area (Å²) in [5.74, 6) is 0.815. The Balaban J connectivity index is 1.60. The smallest absolute Gasteiger partial charge is 0.322 e. The minimum Gasteiger partial charge on any atom is -0.497 e. The summed E-state index contributed by atoms with van der Waals surface area (Å²) in [6.45, 7) is 0.368. The van der Waals surface area contributed by atoms with Crippen LogP contribution in [0.15, 0.2) is 85.1 Å². The summed E-state index contributed by atoms with van der Waals surface area (Å²) in [4.78, 5) is 15.5. The molecule has 0 saturated heterocycles. The van der Waals surface area contributed by atoms with Gasteiger partial charge in [0.2, 0.25) is 0 Å². The van der Waals surface area contributed by atoms with E-state index in [1.54, 1.807) is 49.5 Å². The number of nitrogens with zero attached hydrogens (tertiary/aromatic N) is 2. The van der Waals surface area contributed by atoms with Gasteiger partial charge in [0.1, 0.15) is 17.3 Å². The number of ether oxygens (including phenoxy) is 2. The molecule has 7 heteroatoms. The van der Waals surface area contributed by atoms with Crippen LogP contribution in [0.3, 0.4) is 0 Å². The molecule has 1 unspecified atom stereocenters. The zero-order chi connectivity index (χ0) is 23.7. The van der Waals surface area contributed by atoms with Gasteiger partial charge in [0, 0.05) is 35.8 Å². The Kier molecular flexibility index (Phi) is 5.67. The van der Waals surface area contributed by atoms with Crippen molar-refractivity contribution in [2.45, 2.75) is 12.6 Å². The highest BCUT2D eigenvalue weighted by molar-refractivity contribution is 5.90. The molecule has 6 nitrogen and oxygen atoms in total. The number of halogens is 1. The van der Waals surface area contributed by atoms with Crippen LogP contribution >= 0.6 is 0 Å². The summed E-state index contributed by atoms with van der Waals surface area (Å²) < 4.78 is 26.5. The first-order valence-electron chi connectivity index (χ1n) is 10.9. The monoisotopic (exact) mass is 457 g/mol. The first-order valence-corrected chi connectivity index (χ1v) is 10.9. The first kappa shape index (κ1) is 21.6. The van der Waals surface area contributed by atoms with Gasteiger partial charge < -0.3 is 24.3 Å². The molecule has 1 aromatic heterocycles. The fraction of sp³-hybridized carbons (Fsp3) is 0.148. The van der Waals surface area contributed by atoms with E-state index in [0.717, 1.165) is 22.5 Å². The van der Waals surface area contributed by atoms with Crippen molar-refractivity contribution in [1.82, 2.24) is 9.47 Å². The normalized spacial score (nSPS) is 14.6. The Hall–Kier alpha value is -4.26. The summed E-state index contributed by atoms with van der Waals surface area (Å²) in [6, 6.07) is 22.7. The van der Waals surface area contributed by atoms with Crippen molar-refractivity contribution in [3.8, 4) is 17.2 Å². The standard InChI is InChI=1S/C27H24FN3O3/c1-33-22-14-21(15-23(16-22)34-2)29-27(32)31-17-19-6-3-4-7-24(19)30-13-5-8-25(30)26(31)18-9-11-20(28)12-10-18/h3-16,26H,17H2,1-2H3,(H,29,32). The van der Waals surface area contributed by atoms with Crippen molar-refractivity contribution < 1.29 is 18.7 Å². The molecule has 1 atom stereocenters. The van der Waals surface area contributed by atoms with E-state index in [1.807, 2.05) is 42.6 Å². The molecule has 1 aliphatic heterocycles. The number of rotatable bonds is 4. The number of anilines is 1.